The average molecular weight is 385 g/mol. The van der Waals surface area contributed by atoms with Crippen molar-refractivity contribution in [2.45, 2.75) is 33.2 Å². The third-order valence-electron chi connectivity index (χ3n) is 5.14. The Morgan fingerprint density at radius 3 is 2.70 bits per heavy atom. The molecule has 0 aliphatic carbocycles. The van der Waals surface area contributed by atoms with Gasteiger partial charge in [-0.15, -0.1) is 0 Å². The van der Waals surface area contributed by atoms with Crippen LogP contribution in [0.25, 0.3) is 10.9 Å². The molecule has 0 saturated carbocycles. The highest BCUT2D eigenvalue weighted by molar-refractivity contribution is 6.31. The molecule has 4 nitrogen and oxygen atoms in total. The maximum absolute atomic E-state index is 6.46. The summed E-state index contributed by atoms with van der Waals surface area (Å²) in [5, 5.41) is 5.63. The highest BCUT2D eigenvalue weighted by atomic mass is 35.5. The van der Waals surface area contributed by atoms with Gasteiger partial charge in [-0.3, -0.25) is 0 Å². The molecule has 0 amide bonds. The number of ether oxygens (including phenoxy) is 2. The number of fused-ring (bicyclic) bond motifs is 3. The lowest BCUT2D eigenvalue weighted by Crippen LogP contribution is -2.30. The molecule has 2 heterocycles. The highest BCUT2D eigenvalue weighted by Gasteiger charge is 2.28. The molecule has 142 valence electrons. The van der Waals surface area contributed by atoms with E-state index in [1.165, 1.54) is 16.6 Å². The molecule has 2 aromatic carbocycles. The maximum atomic E-state index is 6.46. The van der Waals surface area contributed by atoms with Gasteiger partial charge in [0.2, 0.25) is 0 Å². The molecular formula is C22H25ClN2O2. The summed E-state index contributed by atoms with van der Waals surface area (Å²) < 4.78 is 11.6. The lowest BCUT2D eigenvalue weighted by molar-refractivity contribution is 0.332. The van der Waals surface area contributed by atoms with Crippen LogP contribution in [0.2, 0.25) is 5.02 Å². The second-order valence-electron chi connectivity index (χ2n) is 6.87. The summed E-state index contributed by atoms with van der Waals surface area (Å²) in [4.78, 5) is 3.62. The smallest absolute Gasteiger partial charge is 0.124 e. The lowest BCUT2D eigenvalue weighted by atomic mass is 9.93. The fraction of sp³-hybridized carbons (Fsp3) is 0.364. The van der Waals surface area contributed by atoms with Crippen molar-refractivity contribution >= 4 is 22.5 Å². The number of nitrogens with one attached hydrogen (secondary N) is 2. The summed E-state index contributed by atoms with van der Waals surface area (Å²) >= 11 is 6.46. The zero-order chi connectivity index (χ0) is 19.0. The molecule has 1 aliphatic rings. The zero-order valence-corrected chi connectivity index (χ0v) is 16.7. The van der Waals surface area contributed by atoms with Crippen molar-refractivity contribution in [2.24, 2.45) is 0 Å². The Bertz CT molecular complexity index is 980. The third kappa shape index (κ3) is 3.28. The van der Waals surface area contributed by atoms with Crippen LogP contribution in [0.1, 0.15) is 42.3 Å². The van der Waals surface area contributed by atoms with Gasteiger partial charge in [0.05, 0.1) is 19.3 Å². The van der Waals surface area contributed by atoms with E-state index in [0.29, 0.717) is 13.2 Å². The van der Waals surface area contributed by atoms with Gasteiger partial charge in [-0.1, -0.05) is 11.6 Å². The van der Waals surface area contributed by atoms with Gasteiger partial charge < -0.3 is 19.8 Å². The van der Waals surface area contributed by atoms with Crippen molar-refractivity contribution in [3.63, 3.8) is 0 Å². The second kappa shape index (κ2) is 7.45. The van der Waals surface area contributed by atoms with Crippen molar-refractivity contribution < 1.29 is 9.47 Å². The monoisotopic (exact) mass is 384 g/mol. The van der Waals surface area contributed by atoms with Crippen molar-refractivity contribution in [3.8, 4) is 11.5 Å². The molecule has 0 fully saturated rings. The summed E-state index contributed by atoms with van der Waals surface area (Å²) in [6.07, 6.45) is 0.977. The number of hydrogen-bond donors (Lipinski definition) is 2. The van der Waals surface area contributed by atoms with Crippen molar-refractivity contribution in [2.75, 3.05) is 19.8 Å². The van der Waals surface area contributed by atoms with Gasteiger partial charge >= 0.3 is 0 Å². The maximum Gasteiger partial charge on any atom is 0.124 e. The Kier molecular flexibility index (Phi) is 5.02. The first kappa shape index (κ1) is 18.2. The van der Waals surface area contributed by atoms with Crippen LogP contribution >= 0.6 is 11.6 Å². The largest absolute Gasteiger partial charge is 0.494 e. The molecule has 5 heteroatoms. The minimum absolute atomic E-state index is 0.0244. The van der Waals surface area contributed by atoms with E-state index in [4.69, 9.17) is 21.1 Å². The molecule has 1 atom stereocenters. The van der Waals surface area contributed by atoms with Gasteiger partial charge in [-0.05, 0) is 68.7 Å². The molecule has 0 radical (unpaired) electrons. The lowest BCUT2D eigenvalue weighted by Gasteiger charge is -2.27. The summed E-state index contributed by atoms with van der Waals surface area (Å²) in [5.74, 6) is 1.80. The normalized spacial score (nSPS) is 16.4. The SMILES string of the molecule is CCOc1ccc2[nH]c3c(c2c1)CCNC3c1cc(Cl)c(C)cc1OCC. The van der Waals surface area contributed by atoms with Gasteiger partial charge in [0, 0.05) is 33.7 Å². The van der Waals surface area contributed by atoms with E-state index in [1.807, 2.05) is 39.0 Å². The predicted molar refractivity (Wildman–Crippen MR) is 110 cm³/mol. The highest BCUT2D eigenvalue weighted by Crippen LogP contribution is 2.39. The van der Waals surface area contributed by atoms with Gasteiger partial charge in [-0.25, -0.2) is 0 Å². The van der Waals surface area contributed by atoms with E-state index in [1.54, 1.807) is 0 Å². The summed E-state index contributed by atoms with van der Waals surface area (Å²) in [5.41, 5.74) is 5.76. The number of benzene rings is 2. The fourth-order valence-electron chi connectivity index (χ4n) is 3.91. The summed E-state index contributed by atoms with van der Waals surface area (Å²) in [6, 6.07) is 10.4. The number of rotatable bonds is 5. The molecule has 1 aromatic heterocycles. The second-order valence-corrected chi connectivity index (χ2v) is 7.27. The molecule has 0 bridgehead atoms. The standard InChI is InChI=1S/C22H25ClN2O2/c1-4-26-14-6-7-19-16(11-14)15-8-9-24-21(22(15)25-19)17-12-18(23)13(3)10-20(17)27-5-2/h6-7,10-12,21,24-25H,4-5,8-9H2,1-3H3. The quantitative estimate of drug-likeness (QED) is 0.638. The van der Waals surface area contributed by atoms with E-state index in [-0.39, 0.29) is 6.04 Å². The Balaban J connectivity index is 1.84. The van der Waals surface area contributed by atoms with Crippen LogP contribution in [0.3, 0.4) is 0 Å². The first-order chi connectivity index (χ1) is 13.1. The molecular weight excluding hydrogens is 360 g/mol. The number of aryl methyl sites for hydroxylation is 1. The topological polar surface area (TPSA) is 46.3 Å². The average Bonchev–Trinajstić information content (AvgIpc) is 3.03. The number of hydrogen-bond acceptors (Lipinski definition) is 3. The van der Waals surface area contributed by atoms with E-state index in [9.17, 15) is 0 Å². The molecule has 4 rings (SSSR count). The van der Waals surface area contributed by atoms with Crippen LogP contribution in [0.4, 0.5) is 0 Å². The number of H-pyrrole nitrogens is 1. The van der Waals surface area contributed by atoms with Gasteiger partial charge in [0.15, 0.2) is 0 Å². The molecule has 2 N–H and O–H groups in total. The molecule has 0 spiro atoms. The van der Waals surface area contributed by atoms with Gasteiger partial charge in [0.25, 0.3) is 0 Å². The van der Waals surface area contributed by atoms with Crippen molar-refractivity contribution in [1.29, 1.82) is 0 Å². The van der Waals surface area contributed by atoms with Crippen molar-refractivity contribution in [1.82, 2.24) is 10.3 Å². The minimum Gasteiger partial charge on any atom is -0.494 e. The van der Waals surface area contributed by atoms with Crippen LogP contribution in [0.5, 0.6) is 11.5 Å². The Hall–Kier alpha value is -2.17. The summed E-state index contributed by atoms with van der Waals surface area (Å²) in [6.45, 7) is 8.21. The molecule has 3 aromatic rings. The van der Waals surface area contributed by atoms with Gasteiger partial charge in [0.1, 0.15) is 11.5 Å². The van der Waals surface area contributed by atoms with E-state index in [2.05, 4.69) is 22.4 Å². The summed E-state index contributed by atoms with van der Waals surface area (Å²) in [7, 11) is 0. The van der Waals surface area contributed by atoms with Crippen LogP contribution in [-0.4, -0.2) is 24.7 Å². The number of halogens is 1. The van der Waals surface area contributed by atoms with Crippen LogP contribution < -0.4 is 14.8 Å². The first-order valence-electron chi connectivity index (χ1n) is 9.55. The zero-order valence-electron chi connectivity index (χ0n) is 16.0. The molecule has 27 heavy (non-hydrogen) atoms. The third-order valence-corrected chi connectivity index (χ3v) is 5.54. The van der Waals surface area contributed by atoms with Crippen LogP contribution in [0, 0.1) is 6.92 Å². The first-order valence-corrected chi connectivity index (χ1v) is 9.93. The Morgan fingerprint density at radius 1 is 1.11 bits per heavy atom. The minimum atomic E-state index is 0.0244. The van der Waals surface area contributed by atoms with E-state index < -0.39 is 0 Å². The van der Waals surface area contributed by atoms with Gasteiger partial charge in [-0.2, -0.15) is 0 Å². The number of aromatic nitrogens is 1. The van der Waals surface area contributed by atoms with E-state index >= 15 is 0 Å². The van der Waals surface area contributed by atoms with Crippen LogP contribution in [-0.2, 0) is 6.42 Å². The molecule has 1 aliphatic heterocycles. The molecule has 0 saturated heterocycles. The van der Waals surface area contributed by atoms with Crippen molar-refractivity contribution in [3.05, 3.63) is 57.7 Å². The van der Waals surface area contributed by atoms with E-state index in [0.717, 1.165) is 46.1 Å². The number of aromatic amines is 1. The fourth-order valence-corrected chi connectivity index (χ4v) is 4.08. The Labute approximate surface area is 164 Å². The predicted octanol–water partition coefficient (Wildman–Crippen LogP) is 5.16. The molecule has 1 unspecified atom stereocenters. The Morgan fingerprint density at radius 2 is 1.93 bits per heavy atom. The van der Waals surface area contributed by atoms with Crippen LogP contribution in [0.15, 0.2) is 30.3 Å².